The van der Waals surface area contributed by atoms with Crippen molar-refractivity contribution in [2.45, 2.75) is 33.3 Å². The van der Waals surface area contributed by atoms with Gasteiger partial charge in [0.15, 0.2) is 0 Å². The highest BCUT2D eigenvalue weighted by Gasteiger charge is 2.19. The smallest absolute Gasteiger partial charge is 0.0990 e. The number of nitrogens with two attached hydrogens (primary N) is 1. The fraction of sp³-hybridized carbons (Fsp3) is 0.500. The fourth-order valence-electron chi connectivity index (χ4n) is 1.03. The molecule has 0 aliphatic heterocycles. The van der Waals surface area contributed by atoms with Gasteiger partial charge in [0.25, 0.3) is 0 Å². The number of aliphatic hydroxyl groups is 1. The predicted octanol–water partition coefficient (Wildman–Crippen LogP) is 2.19. The van der Waals surface area contributed by atoms with Gasteiger partial charge in [-0.2, -0.15) is 0 Å². The SMILES string of the molecule is CC.Cc1ccc(C(C)(O)CN)cc1. The third kappa shape index (κ3) is 3.48. The van der Waals surface area contributed by atoms with Crippen molar-refractivity contribution in [3.63, 3.8) is 0 Å². The lowest BCUT2D eigenvalue weighted by atomic mass is 9.96. The molecule has 0 bridgehead atoms. The summed E-state index contributed by atoms with van der Waals surface area (Å²) < 4.78 is 0. The maximum absolute atomic E-state index is 9.76. The number of hydrogen-bond acceptors (Lipinski definition) is 2. The lowest BCUT2D eigenvalue weighted by molar-refractivity contribution is 0.0668. The van der Waals surface area contributed by atoms with Crippen molar-refractivity contribution in [1.29, 1.82) is 0 Å². The molecular formula is C12H21NO. The first-order valence-corrected chi connectivity index (χ1v) is 5.06. The molecule has 1 aromatic carbocycles. The van der Waals surface area contributed by atoms with Crippen LogP contribution in [-0.4, -0.2) is 11.7 Å². The van der Waals surface area contributed by atoms with Crippen LogP contribution in [0.25, 0.3) is 0 Å². The molecule has 0 radical (unpaired) electrons. The molecule has 80 valence electrons. The summed E-state index contributed by atoms with van der Waals surface area (Å²) in [5, 5.41) is 9.76. The van der Waals surface area contributed by atoms with Crippen LogP contribution in [0.2, 0.25) is 0 Å². The molecular weight excluding hydrogens is 174 g/mol. The van der Waals surface area contributed by atoms with E-state index in [9.17, 15) is 5.11 Å². The van der Waals surface area contributed by atoms with E-state index in [0.29, 0.717) is 0 Å². The first kappa shape index (κ1) is 13.1. The van der Waals surface area contributed by atoms with Crippen molar-refractivity contribution in [3.05, 3.63) is 35.4 Å². The average Bonchev–Trinajstić information content (AvgIpc) is 2.21. The van der Waals surface area contributed by atoms with Gasteiger partial charge >= 0.3 is 0 Å². The molecule has 0 fully saturated rings. The molecule has 1 atom stereocenters. The summed E-state index contributed by atoms with van der Waals surface area (Å²) in [5.41, 5.74) is 6.59. The minimum Gasteiger partial charge on any atom is -0.384 e. The first-order chi connectivity index (χ1) is 6.56. The third-order valence-corrected chi connectivity index (χ3v) is 2.07. The molecule has 0 saturated carbocycles. The third-order valence-electron chi connectivity index (χ3n) is 2.07. The molecule has 2 heteroatoms. The van der Waals surface area contributed by atoms with E-state index in [1.165, 1.54) is 5.56 Å². The van der Waals surface area contributed by atoms with Crippen LogP contribution in [-0.2, 0) is 5.60 Å². The Morgan fingerprint density at radius 1 is 1.21 bits per heavy atom. The molecule has 0 spiro atoms. The van der Waals surface area contributed by atoms with Crippen LogP contribution < -0.4 is 5.73 Å². The normalized spacial score (nSPS) is 13.9. The number of aryl methyl sites for hydroxylation is 1. The average molecular weight is 195 g/mol. The summed E-state index contributed by atoms with van der Waals surface area (Å²) >= 11 is 0. The molecule has 0 aliphatic rings. The molecule has 0 aromatic heterocycles. The molecule has 0 saturated heterocycles. The first-order valence-electron chi connectivity index (χ1n) is 5.06. The van der Waals surface area contributed by atoms with Crippen molar-refractivity contribution in [2.24, 2.45) is 5.73 Å². The van der Waals surface area contributed by atoms with E-state index in [4.69, 9.17) is 5.73 Å². The standard InChI is InChI=1S/C10H15NO.C2H6/c1-8-3-5-9(6-4-8)10(2,12)7-11;1-2/h3-6,12H,7,11H2,1-2H3;1-2H3. The lowest BCUT2D eigenvalue weighted by Crippen LogP contribution is -2.31. The number of hydrogen-bond donors (Lipinski definition) is 2. The van der Waals surface area contributed by atoms with Gasteiger partial charge in [-0.25, -0.2) is 0 Å². The summed E-state index contributed by atoms with van der Waals surface area (Å²) in [6.45, 7) is 7.98. The molecule has 1 rings (SSSR count). The van der Waals surface area contributed by atoms with E-state index >= 15 is 0 Å². The Kier molecular flexibility index (Phi) is 5.43. The second-order valence-corrected chi connectivity index (χ2v) is 3.34. The van der Waals surface area contributed by atoms with Crippen LogP contribution in [0.5, 0.6) is 0 Å². The van der Waals surface area contributed by atoms with Crippen LogP contribution in [0.15, 0.2) is 24.3 Å². The van der Waals surface area contributed by atoms with Crippen LogP contribution in [0.3, 0.4) is 0 Å². The zero-order valence-electron chi connectivity index (χ0n) is 9.54. The zero-order valence-corrected chi connectivity index (χ0v) is 9.54. The van der Waals surface area contributed by atoms with Gasteiger partial charge in [0.1, 0.15) is 0 Å². The molecule has 1 unspecified atom stereocenters. The van der Waals surface area contributed by atoms with E-state index in [2.05, 4.69) is 0 Å². The summed E-state index contributed by atoms with van der Waals surface area (Å²) in [6, 6.07) is 7.75. The maximum atomic E-state index is 9.76. The summed E-state index contributed by atoms with van der Waals surface area (Å²) in [5.74, 6) is 0. The molecule has 2 nitrogen and oxygen atoms in total. The van der Waals surface area contributed by atoms with E-state index in [0.717, 1.165) is 5.56 Å². The Bertz CT molecular complexity index is 252. The van der Waals surface area contributed by atoms with Crippen LogP contribution >= 0.6 is 0 Å². The molecule has 1 aromatic rings. The molecule has 0 aliphatic carbocycles. The highest BCUT2D eigenvalue weighted by Crippen LogP contribution is 2.18. The van der Waals surface area contributed by atoms with E-state index in [-0.39, 0.29) is 6.54 Å². The molecule has 0 heterocycles. The summed E-state index contributed by atoms with van der Waals surface area (Å²) in [4.78, 5) is 0. The van der Waals surface area contributed by atoms with Crippen molar-refractivity contribution < 1.29 is 5.11 Å². The Morgan fingerprint density at radius 2 is 1.64 bits per heavy atom. The largest absolute Gasteiger partial charge is 0.384 e. The highest BCUT2D eigenvalue weighted by molar-refractivity contribution is 5.26. The van der Waals surface area contributed by atoms with Crippen LogP contribution in [0.1, 0.15) is 31.9 Å². The topological polar surface area (TPSA) is 46.2 Å². The Balaban J connectivity index is 0.000000791. The van der Waals surface area contributed by atoms with Gasteiger partial charge in [-0.3, -0.25) is 0 Å². The second-order valence-electron chi connectivity index (χ2n) is 3.34. The number of rotatable bonds is 2. The number of benzene rings is 1. The van der Waals surface area contributed by atoms with Gasteiger partial charge in [-0.1, -0.05) is 43.7 Å². The van der Waals surface area contributed by atoms with Crippen molar-refractivity contribution in [1.82, 2.24) is 0 Å². The van der Waals surface area contributed by atoms with Crippen molar-refractivity contribution in [3.8, 4) is 0 Å². The van der Waals surface area contributed by atoms with Crippen molar-refractivity contribution in [2.75, 3.05) is 6.54 Å². The fourth-order valence-corrected chi connectivity index (χ4v) is 1.03. The minimum atomic E-state index is -0.895. The molecule has 14 heavy (non-hydrogen) atoms. The summed E-state index contributed by atoms with van der Waals surface area (Å²) in [7, 11) is 0. The minimum absolute atomic E-state index is 0.246. The lowest BCUT2D eigenvalue weighted by Gasteiger charge is -2.21. The van der Waals surface area contributed by atoms with Crippen LogP contribution in [0, 0.1) is 6.92 Å². The highest BCUT2D eigenvalue weighted by atomic mass is 16.3. The van der Waals surface area contributed by atoms with E-state index < -0.39 is 5.60 Å². The maximum Gasteiger partial charge on any atom is 0.0990 e. The molecule has 3 N–H and O–H groups in total. The van der Waals surface area contributed by atoms with Gasteiger partial charge in [0, 0.05) is 6.54 Å². The van der Waals surface area contributed by atoms with E-state index in [1.807, 2.05) is 45.0 Å². The van der Waals surface area contributed by atoms with Gasteiger partial charge in [-0.05, 0) is 19.4 Å². The molecule has 0 amide bonds. The van der Waals surface area contributed by atoms with Gasteiger partial charge < -0.3 is 10.8 Å². The summed E-state index contributed by atoms with van der Waals surface area (Å²) in [6.07, 6.45) is 0. The van der Waals surface area contributed by atoms with Gasteiger partial charge in [-0.15, -0.1) is 0 Å². The Labute approximate surface area is 86.8 Å². The quantitative estimate of drug-likeness (QED) is 0.760. The Morgan fingerprint density at radius 3 is 2.00 bits per heavy atom. The van der Waals surface area contributed by atoms with E-state index in [1.54, 1.807) is 6.92 Å². The van der Waals surface area contributed by atoms with Crippen LogP contribution in [0.4, 0.5) is 0 Å². The monoisotopic (exact) mass is 195 g/mol. The zero-order chi connectivity index (χ0) is 11.2. The van der Waals surface area contributed by atoms with Gasteiger partial charge in [0.05, 0.1) is 5.60 Å². The van der Waals surface area contributed by atoms with Crippen molar-refractivity contribution >= 4 is 0 Å². The Hall–Kier alpha value is -0.860. The second kappa shape index (κ2) is 5.78. The predicted molar refractivity (Wildman–Crippen MR) is 61.2 cm³/mol. The van der Waals surface area contributed by atoms with Gasteiger partial charge in [0.2, 0.25) is 0 Å².